The van der Waals surface area contributed by atoms with Gasteiger partial charge in [-0.05, 0) is 83.1 Å². The molecule has 1 amide bonds. The van der Waals surface area contributed by atoms with E-state index in [1.54, 1.807) is 7.11 Å². The van der Waals surface area contributed by atoms with E-state index in [0.29, 0.717) is 16.5 Å². The molecule has 1 atom stereocenters. The van der Waals surface area contributed by atoms with Crippen molar-refractivity contribution in [1.29, 1.82) is 0 Å². The molecule has 0 aliphatic carbocycles. The zero-order chi connectivity index (χ0) is 25.2. The van der Waals surface area contributed by atoms with E-state index in [-0.39, 0.29) is 11.9 Å². The number of ether oxygens (including phenoxy) is 1. The normalized spacial score (nSPS) is 18.4. The summed E-state index contributed by atoms with van der Waals surface area (Å²) in [6.07, 6.45) is 2.57. The standard InChI is InChI=1S/C28H25BrN4O2S/c1-32(2)22-11-7-20(8-12-22)25-17-24(19-9-13-23(35-3)14-10-19)31-33(25)28-30-27(34)26(36-28)16-18-5-4-6-21(29)15-18/h4-16,25H,17H2,1-3H3/b26-16-. The van der Waals surface area contributed by atoms with Crippen LogP contribution in [0.25, 0.3) is 6.08 Å². The molecule has 0 saturated heterocycles. The maximum absolute atomic E-state index is 12.8. The van der Waals surface area contributed by atoms with E-state index in [1.165, 1.54) is 11.8 Å². The molecule has 0 bridgehead atoms. The Morgan fingerprint density at radius 1 is 1.08 bits per heavy atom. The average molecular weight is 562 g/mol. The average Bonchev–Trinajstić information content (AvgIpc) is 3.48. The minimum atomic E-state index is -0.246. The number of thioether (sulfide) groups is 1. The molecule has 0 N–H and O–H groups in total. The third-order valence-corrected chi connectivity index (χ3v) is 7.55. The topological polar surface area (TPSA) is 57.5 Å². The number of carbonyl (C=O) groups is 1. The number of anilines is 1. The van der Waals surface area contributed by atoms with Gasteiger partial charge >= 0.3 is 0 Å². The van der Waals surface area contributed by atoms with Gasteiger partial charge in [0, 0.05) is 30.7 Å². The van der Waals surface area contributed by atoms with Gasteiger partial charge in [-0.25, -0.2) is 5.01 Å². The fourth-order valence-corrected chi connectivity index (χ4v) is 5.47. The van der Waals surface area contributed by atoms with Gasteiger partial charge in [0.15, 0.2) is 5.17 Å². The Morgan fingerprint density at radius 2 is 1.83 bits per heavy atom. The Hall–Kier alpha value is -3.36. The van der Waals surface area contributed by atoms with E-state index in [9.17, 15) is 4.79 Å². The highest BCUT2D eigenvalue weighted by Gasteiger charge is 2.36. The van der Waals surface area contributed by atoms with Crippen LogP contribution in [-0.2, 0) is 4.79 Å². The van der Waals surface area contributed by atoms with Crippen LogP contribution in [-0.4, -0.2) is 43.0 Å². The summed E-state index contributed by atoms with van der Waals surface area (Å²) >= 11 is 4.85. The van der Waals surface area contributed by atoms with Crippen LogP contribution >= 0.6 is 27.7 Å². The van der Waals surface area contributed by atoms with Crippen molar-refractivity contribution in [3.8, 4) is 5.75 Å². The number of nitrogens with zero attached hydrogens (tertiary/aromatic N) is 4. The van der Waals surface area contributed by atoms with Gasteiger partial charge in [-0.1, -0.05) is 40.2 Å². The Labute approximate surface area is 223 Å². The van der Waals surface area contributed by atoms with Gasteiger partial charge < -0.3 is 9.64 Å². The number of halogens is 1. The van der Waals surface area contributed by atoms with E-state index in [0.717, 1.165) is 38.3 Å². The summed E-state index contributed by atoms with van der Waals surface area (Å²) in [7, 11) is 5.70. The number of benzene rings is 3. The lowest BCUT2D eigenvalue weighted by molar-refractivity contribution is -0.113. The molecule has 0 radical (unpaired) electrons. The highest BCUT2D eigenvalue weighted by molar-refractivity contribution is 9.10. The second-order valence-electron chi connectivity index (χ2n) is 8.69. The lowest BCUT2D eigenvalue weighted by atomic mass is 9.98. The van der Waals surface area contributed by atoms with Gasteiger partial charge in [0.25, 0.3) is 5.91 Å². The van der Waals surface area contributed by atoms with Gasteiger partial charge in [0.2, 0.25) is 0 Å². The first-order chi connectivity index (χ1) is 17.4. The van der Waals surface area contributed by atoms with E-state index in [1.807, 2.05) is 73.7 Å². The second-order valence-corrected chi connectivity index (χ2v) is 10.6. The van der Waals surface area contributed by atoms with Gasteiger partial charge in [-0.15, -0.1) is 0 Å². The number of hydrazone groups is 1. The fourth-order valence-electron chi connectivity index (χ4n) is 4.14. The van der Waals surface area contributed by atoms with Crippen molar-refractivity contribution in [1.82, 2.24) is 5.01 Å². The van der Waals surface area contributed by atoms with Crippen molar-refractivity contribution >= 4 is 56.2 Å². The molecule has 5 rings (SSSR count). The monoisotopic (exact) mass is 560 g/mol. The smallest absolute Gasteiger partial charge is 0.286 e. The summed E-state index contributed by atoms with van der Waals surface area (Å²) < 4.78 is 6.27. The van der Waals surface area contributed by atoms with Crippen molar-refractivity contribution in [3.05, 3.63) is 98.9 Å². The summed E-state index contributed by atoms with van der Waals surface area (Å²) in [5.41, 5.74) is 5.15. The summed E-state index contributed by atoms with van der Waals surface area (Å²) in [4.78, 5) is 19.9. The SMILES string of the molecule is COc1ccc(C2=NN(C3=NC(=O)/C(=C/c4cccc(Br)c4)S3)C(c3ccc(N(C)C)cc3)C2)cc1. The Kier molecular flexibility index (Phi) is 6.98. The van der Waals surface area contributed by atoms with Crippen LogP contribution in [0.2, 0.25) is 0 Å². The second kappa shape index (κ2) is 10.3. The fraction of sp³-hybridized carbons (Fsp3) is 0.179. The van der Waals surface area contributed by atoms with Gasteiger partial charge in [0.05, 0.1) is 23.8 Å². The van der Waals surface area contributed by atoms with Crippen molar-refractivity contribution in [2.75, 3.05) is 26.1 Å². The number of methoxy groups -OCH3 is 1. The Morgan fingerprint density at radius 3 is 2.50 bits per heavy atom. The summed E-state index contributed by atoms with van der Waals surface area (Å²) in [5.74, 6) is 0.554. The Bertz CT molecular complexity index is 1380. The predicted octanol–water partition coefficient (Wildman–Crippen LogP) is 6.35. The van der Waals surface area contributed by atoms with Gasteiger partial charge in [0.1, 0.15) is 5.75 Å². The van der Waals surface area contributed by atoms with Crippen molar-refractivity contribution in [3.63, 3.8) is 0 Å². The summed E-state index contributed by atoms with van der Waals surface area (Å²) in [6.45, 7) is 0. The Balaban J connectivity index is 1.47. The lowest BCUT2D eigenvalue weighted by Gasteiger charge is -2.23. The zero-order valence-corrected chi connectivity index (χ0v) is 22.6. The molecule has 3 aromatic carbocycles. The largest absolute Gasteiger partial charge is 0.497 e. The van der Waals surface area contributed by atoms with Crippen LogP contribution < -0.4 is 9.64 Å². The van der Waals surface area contributed by atoms with Crippen molar-refractivity contribution in [2.24, 2.45) is 10.1 Å². The molecule has 182 valence electrons. The van der Waals surface area contributed by atoms with Crippen LogP contribution in [0.1, 0.15) is 29.2 Å². The first-order valence-corrected chi connectivity index (χ1v) is 13.1. The highest BCUT2D eigenvalue weighted by atomic mass is 79.9. The van der Waals surface area contributed by atoms with Crippen LogP contribution in [0.4, 0.5) is 5.69 Å². The molecule has 2 aliphatic heterocycles. The van der Waals surface area contributed by atoms with E-state index in [4.69, 9.17) is 9.84 Å². The molecule has 2 heterocycles. The molecule has 36 heavy (non-hydrogen) atoms. The predicted molar refractivity (Wildman–Crippen MR) is 152 cm³/mol. The number of hydrogen-bond donors (Lipinski definition) is 0. The van der Waals surface area contributed by atoms with Crippen LogP contribution in [0.3, 0.4) is 0 Å². The number of hydrogen-bond acceptors (Lipinski definition) is 6. The van der Waals surface area contributed by atoms with Crippen molar-refractivity contribution < 1.29 is 9.53 Å². The lowest BCUT2D eigenvalue weighted by Crippen LogP contribution is -2.23. The molecule has 0 aromatic heterocycles. The number of carbonyl (C=O) groups excluding carboxylic acids is 1. The summed E-state index contributed by atoms with van der Waals surface area (Å²) in [6, 6.07) is 24.1. The molecule has 6 nitrogen and oxygen atoms in total. The molecule has 8 heteroatoms. The number of amidine groups is 1. The van der Waals surface area contributed by atoms with Crippen LogP contribution in [0.5, 0.6) is 5.75 Å². The highest BCUT2D eigenvalue weighted by Crippen LogP contribution is 2.40. The van der Waals surface area contributed by atoms with Crippen LogP contribution in [0.15, 0.2) is 92.3 Å². The van der Waals surface area contributed by atoms with E-state index in [2.05, 4.69) is 50.1 Å². The first kappa shape index (κ1) is 24.3. The van der Waals surface area contributed by atoms with E-state index >= 15 is 0 Å². The van der Waals surface area contributed by atoms with Gasteiger partial charge in [-0.3, -0.25) is 4.79 Å². The minimum absolute atomic E-state index is 0.0671. The molecule has 1 unspecified atom stereocenters. The third kappa shape index (κ3) is 5.10. The zero-order valence-electron chi connectivity index (χ0n) is 20.2. The number of aliphatic imine (C=N–C) groups is 1. The minimum Gasteiger partial charge on any atom is -0.497 e. The maximum atomic E-state index is 12.8. The third-order valence-electron chi connectivity index (χ3n) is 6.08. The molecule has 0 spiro atoms. The number of amides is 1. The molecule has 3 aromatic rings. The molecule has 2 aliphatic rings. The quantitative estimate of drug-likeness (QED) is 0.340. The number of rotatable bonds is 5. The first-order valence-electron chi connectivity index (χ1n) is 11.5. The summed E-state index contributed by atoms with van der Waals surface area (Å²) in [5, 5.41) is 7.45. The molecular weight excluding hydrogens is 536 g/mol. The van der Waals surface area contributed by atoms with Gasteiger partial charge in [-0.2, -0.15) is 10.1 Å². The van der Waals surface area contributed by atoms with Crippen molar-refractivity contribution in [2.45, 2.75) is 12.5 Å². The molecule has 0 saturated carbocycles. The molecular formula is C28H25BrN4O2S. The molecule has 0 fully saturated rings. The maximum Gasteiger partial charge on any atom is 0.286 e. The van der Waals surface area contributed by atoms with E-state index < -0.39 is 0 Å². The van der Waals surface area contributed by atoms with Crippen LogP contribution in [0, 0.1) is 0 Å².